The quantitative estimate of drug-likeness (QED) is 0.810. The molecule has 1 N–H and O–H groups in total. The molecule has 90 valence electrons. The number of rotatable bonds is 2. The van der Waals surface area contributed by atoms with Crippen LogP contribution in [0.2, 0.25) is 0 Å². The van der Waals surface area contributed by atoms with E-state index < -0.39 is 35.0 Å². The number of aromatic nitrogens is 1. The molecule has 0 spiro atoms. The van der Waals surface area contributed by atoms with Crippen molar-refractivity contribution in [2.75, 3.05) is 7.11 Å². The highest BCUT2D eigenvalue weighted by molar-refractivity contribution is 5.33. The molecule has 8 heteroatoms. The lowest BCUT2D eigenvalue weighted by atomic mass is 10.2. The molecule has 16 heavy (non-hydrogen) atoms. The summed E-state index contributed by atoms with van der Waals surface area (Å²) in [7, 11) is 0.844. The summed E-state index contributed by atoms with van der Waals surface area (Å²) in [5.41, 5.74) is -4.15. The second-order valence-corrected chi connectivity index (χ2v) is 2.78. The summed E-state index contributed by atoms with van der Waals surface area (Å²) in [5.74, 6) is -1.02. The summed E-state index contributed by atoms with van der Waals surface area (Å²) in [6, 6.07) is 0. The Morgan fingerprint density at radius 2 is 1.94 bits per heavy atom. The van der Waals surface area contributed by atoms with Gasteiger partial charge in [-0.1, -0.05) is 0 Å². The minimum absolute atomic E-state index is 0.201. The van der Waals surface area contributed by atoms with Gasteiger partial charge in [0, 0.05) is 6.20 Å². The Morgan fingerprint density at radius 1 is 1.38 bits per heavy atom. The van der Waals surface area contributed by atoms with Crippen molar-refractivity contribution in [2.24, 2.45) is 0 Å². The van der Waals surface area contributed by atoms with Crippen LogP contribution >= 0.6 is 0 Å². The zero-order valence-electron chi connectivity index (χ0n) is 7.86. The molecule has 0 aliphatic carbocycles. The highest BCUT2D eigenvalue weighted by Gasteiger charge is 2.36. The third kappa shape index (κ3) is 2.15. The molecule has 0 unspecified atom stereocenters. The summed E-state index contributed by atoms with van der Waals surface area (Å²) >= 11 is 0. The number of H-pyrrole nitrogens is 1. The van der Waals surface area contributed by atoms with Gasteiger partial charge in [0.15, 0.2) is 5.75 Å². The standard InChI is InChI=1S/C8H6F5NO2/c1-16-6-4(7(9)10)14-2-3(5(6)15)8(11,12)13/h2,7H,1H3,(H,14,15). The van der Waals surface area contributed by atoms with Crippen LogP contribution in [0.1, 0.15) is 17.7 Å². The number of nitrogens with one attached hydrogen (secondary N) is 1. The molecule has 0 atom stereocenters. The zero-order valence-corrected chi connectivity index (χ0v) is 7.86. The minimum atomic E-state index is -4.92. The Bertz CT molecular complexity index is 437. The molecule has 0 aliphatic rings. The van der Waals surface area contributed by atoms with Crippen LogP contribution < -0.4 is 10.2 Å². The van der Waals surface area contributed by atoms with E-state index in [0.717, 1.165) is 7.11 Å². The highest BCUT2D eigenvalue weighted by atomic mass is 19.4. The van der Waals surface area contributed by atoms with Gasteiger partial charge in [-0.15, -0.1) is 0 Å². The van der Waals surface area contributed by atoms with Crippen LogP contribution in [0.5, 0.6) is 5.75 Å². The van der Waals surface area contributed by atoms with Crippen molar-refractivity contribution in [2.45, 2.75) is 12.6 Å². The van der Waals surface area contributed by atoms with Gasteiger partial charge in [0.05, 0.1) is 7.11 Å². The smallest absolute Gasteiger partial charge is 0.421 e. The van der Waals surface area contributed by atoms with Gasteiger partial charge in [-0.2, -0.15) is 13.2 Å². The summed E-state index contributed by atoms with van der Waals surface area (Å²) in [6.07, 6.45) is -7.83. The highest BCUT2D eigenvalue weighted by Crippen LogP contribution is 2.30. The van der Waals surface area contributed by atoms with Crippen molar-refractivity contribution in [3.63, 3.8) is 0 Å². The Balaban J connectivity index is 3.47. The van der Waals surface area contributed by atoms with E-state index in [4.69, 9.17) is 0 Å². The van der Waals surface area contributed by atoms with E-state index in [-0.39, 0.29) is 6.20 Å². The molecule has 0 bridgehead atoms. The Labute approximate surface area is 85.8 Å². The first-order chi connectivity index (χ1) is 7.29. The predicted molar refractivity (Wildman–Crippen MR) is 43.6 cm³/mol. The van der Waals surface area contributed by atoms with Crippen LogP contribution in [0, 0.1) is 0 Å². The molecule has 1 heterocycles. The first-order valence-corrected chi connectivity index (χ1v) is 3.94. The fraction of sp³-hybridized carbons (Fsp3) is 0.375. The average Bonchev–Trinajstić information content (AvgIpc) is 2.14. The molecule has 0 amide bonds. The first kappa shape index (κ1) is 12.5. The van der Waals surface area contributed by atoms with Crippen LogP contribution in [0.4, 0.5) is 22.0 Å². The Hall–Kier alpha value is -1.60. The molecule has 0 radical (unpaired) electrons. The molecule has 0 aromatic carbocycles. The summed E-state index contributed by atoms with van der Waals surface area (Å²) in [6.45, 7) is 0. The second-order valence-electron chi connectivity index (χ2n) is 2.78. The van der Waals surface area contributed by atoms with Gasteiger partial charge in [0.1, 0.15) is 11.3 Å². The number of hydrogen-bond acceptors (Lipinski definition) is 2. The Morgan fingerprint density at radius 3 is 2.31 bits per heavy atom. The maximum absolute atomic E-state index is 12.3. The van der Waals surface area contributed by atoms with E-state index in [9.17, 15) is 26.7 Å². The van der Waals surface area contributed by atoms with Crippen LogP contribution in [-0.4, -0.2) is 12.1 Å². The van der Waals surface area contributed by atoms with E-state index >= 15 is 0 Å². The van der Waals surface area contributed by atoms with E-state index in [0.29, 0.717) is 0 Å². The number of alkyl halides is 5. The van der Waals surface area contributed by atoms with Gasteiger partial charge >= 0.3 is 6.18 Å². The van der Waals surface area contributed by atoms with Crippen molar-refractivity contribution >= 4 is 0 Å². The molecule has 0 fully saturated rings. The number of pyridine rings is 1. The van der Waals surface area contributed by atoms with Crippen molar-refractivity contribution in [1.82, 2.24) is 4.98 Å². The normalized spacial score (nSPS) is 11.9. The molecule has 3 nitrogen and oxygen atoms in total. The van der Waals surface area contributed by atoms with Gasteiger partial charge < -0.3 is 9.72 Å². The monoisotopic (exact) mass is 243 g/mol. The largest absolute Gasteiger partial charge is 0.491 e. The molecular formula is C8H6F5NO2. The zero-order chi connectivity index (χ0) is 12.5. The Kier molecular flexibility index (Phi) is 3.20. The van der Waals surface area contributed by atoms with Gasteiger partial charge in [0.25, 0.3) is 6.43 Å². The minimum Gasteiger partial charge on any atom is -0.491 e. The van der Waals surface area contributed by atoms with Gasteiger partial charge in [0.2, 0.25) is 5.43 Å². The predicted octanol–water partition coefficient (Wildman–Crippen LogP) is 2.34. The first-order valence-electron chi connectivity index (χ1n) is 3.94. The summed E-state index contributed by atoms with van der Waals surface area (Å²) in [5, 5.41) is 0. The lowest BCUT2D eigenvalue weighted by Crippen LogP contribution is -2.22. The van der Waals surface area contributed by atoms with E-state index in [1.165, 1.54) is 0 Å². The molecule has 0 saturated heterocycles. The van der Waals surface area contributed by atoms with E-state index in [1.54, 1.807) is 4.98 Å². The number of halogens is 5. The topological polar surface area (TPSA) is 42.1 Å². The van der Waals surface area contributed by atoms with E-state index in [1.807, 2.05) is 0 Å². The van der Waals surface area contributed by atoms with Crippen molar-refractivity contribution in [3.05, 3.63) is 27.7 Å². The number of aromatic amines is 1. The summed E-state index contributed by atoms with van der Waals surface area (Å²) in [4.78, 5) is 12.9. The fourth-order valence-electron chi connectivity index (χ4n) is 1.10. The fourth-order valence-corrected chi connectivity index (χ4v) is 1.10. The summed E-state index contributed by atoms with van der Waals surface area (Å²) < 4.78 is 65.5. The van der Waals surface area contributed by atoms with Crippen LogP contribution in [0.25, 0.3) is 0 Å². The third-order valence-electron chi connectivity index (χ3n) is 1.80. The second kappa shape index (κ2) is 4.11. The molecular weight excluding hydrogens is 237 g/mol. The van der Waals surface area contributed by atoms with Crippen molar-refractivity contribution in [3.8, 4) is 5.75 Å². The van der Waals surface area contributed by atoms with Gasteiger partial charge in [-0.05, 0) is 0 Å². The average molecular weight is 243 g/mol. The molecule has 1 aromatic rings. The molecule has 0 saturated carbocycles. The maximum atomic E-state index is 12.3. The third-order valence-corrected chi connectivity index (χ3v) is 1.80. The SMILES string of the molecule is COc1c(C(F)F)[nH]cc(C(F)(F)F)c1=O. The number of hydrogen-bond donors (Lipinski definition) is 1. The van der Waals surface area contributed by atoms with Crippen molar-refractivity contribution < 1.29 is 26.7 Å². The van der Waals surface area contributed by atoms with Crippen molar-refractivity contribution in [1.29, 1.82) is 0 Å². The number of methoxy groups -OCH3 is 1. The van der Waals surface area contributed by atoms with Crippen LogP contribution in [-0.2, 0) is 6.18 Å². The lowest BCUT2D eigenvalue weighted by molar-refractivity contribution is -0.138. The molecule has 0 aliphatic heterocycles. The lowest BCUT2D eigenvalue weighted by Gasteiger charge is -2.10. The maximum Gasteiger partial charge on any atom is 0.421 e. The van der Waals surface area contributed by atoms with Crippen LogP contribution in [0.15, 0.2) is 11.0 Å². The van der Waals surface area contributed by atoms with Gasteiger partial charge in [-0.25, -0.2) is 8.78 Å². The van der Waals surface area contributed by atoms with Crippen LogP contribution in [0.3, 0.4) is 0 Å². The van der Waals surface area contributed by atoms with E-state index in [2.05, 4.69) is 4.74 Å². The molecule has 1 aromatic heterocycles. The molecule has 1 rings (SSSR count). The van der Waals surface area contributed by atoms with Gasteiger partial charge in [-0.3, -0.25) is 4.79 Å². The number of ether oxygens (including phenoxy) is 1.